The number of halogens is 1. The lowest BCUT2D eigenvalue weighted by Crippen LogP contribution is -1.96. The molecule has 0 unspecified atom stereocenters. The van der Waals surface area contributed by atoms with Gasteiger partial charge in [0.05, 0.1) is 6.20 Å². The predicted octanol–water partition coefficient (Wildman–Crippen LogP) is 1.84. The van der Waals surface area contributed by atoms with Crippen LogP contribution in [0.1, 0.15) is 11.3 Å². The Morgan fingerprint density at radius 3 is 2.88 bits per heavy atom. The Bertz CT molecular complexity index is 496. The van der Waals surface area contributed by atoms with Crippen molar-refractivity contribution in [2.75, 3.05) is 0 Å². The van der Waals surface area contributed by atoms with Crippen molar-refractivity contribution in [2.24, 2.45) is 7.05 Å². The summed E-state index contributed by atoms with van der Waals surface area (Å²) in [5, 5.41) is 7.64. The molecule has 2 aromatic rings. The molecule has 0 amide bonds. The topological polar surface area (TPSA) is 39.9 Å². The van der Waals surface area contributed by atoms with Crippen LogP contribution < -0.4 is 4.74 Å². The number of aryl methyl sites for hydroxylation is 2. The van der Waals surface area contributed by atoms with Gasteiger partial charge >= 0.3 is 0 Å². The maximum Gasteiger partial charge on any atom is 0.134 e. The fraction of sp³-hybridized carbons (Fsp3) is 0.273. The van der Waals surface area contributed by atoms with Gasteiger partial charge in [-0.15, -0.1) is 5.10 Å². The van der Waals surface area contributed by atoms with E-state index in [-0.39, 0.29) is 12.4 Å². The minimum absolute atomic E-state index is 0.267. The molecule has 1 aromatic heterocycles. The summed E-state index contributed by atoms with van der Waals surface area (Å²) in [6.45, 7) is 2.00. The van der Waals surface area contributed by atoms with Gasteiger partial charge in [0, 0.05) is 13.1 Å². The van der Waals surface area contributed by atoms with E-state index in [1.807, 2.05) is 0 Å². The van der Waals surface area contributed by atoms with Crippen LogP contribution >= 0.6 is 0 Å². The van der Waals surface area contributed by atoms with Crippen LogP contribution in [0.4, 0.5) is 4.39 Å². The van der Waals surface area contributed by atoms with Crippen molar-refractivity contribution in [3.63, 3.8) is 0 Å². The third-order valence-electron chi connectivity index (χ3n) is 2.18. The Labute approximate surface area is 92.7 Å². The summed E-state index contributed by atoms with van der Waals surface area (Å²) in [5.41, 5.74) is 1.32. The third kappa shape index (κ3) is 2.36. The van der Waals surface area contributed by atoms with E-state index < -0.39 is 0 Å². The largest absolute Gasteiger partial charge is 0.487 e. The van der Waals surface area contributed by atoms with Crippen molar-refractivity contribution in [1.29, 1.82) is 0 Å². The SMILES string of the molecule is Cc1ccc(OCc2cn(C)nn2)cc1F. The first-order valence-electron chi connectivity index (χ1n) is 4.89. The molecule has 2 rings (SSSR count). The molecule has 0 atom stereocenters. The minimum atomic E-state index is -0.267. The first-order chi connectivity index (χ1) is 7.65. The molecule has 0 bridgehead atoms. The second kappa shape index (κ2) is 4.30. The van der Waals surface area contributed by atoms with Crippen LogP contribution in [0.15, 0.2) is 24.4 Å². The number of ether oxygens (including phenoxy) is 1. The molecule has 0 saturated carbocycles. The van der Waals surface area contributed by atoms with E-state index >= 15 is 0 Å². The average Bonchev–Trinajstić information content (AvgIpc) is 2.66. The summed E-state index contributed by atoms with van der Waals surface area (Å²) in [4.78, 5) is 0. The van der Waals surface area contributed by atoms with Crippen LogP contribution in [0, 0.1) is 12.7 Å². The smallest absolute Gasteiger partial charge is 0.134 e. The predicted molar refractivity (Wildman–Crippen MR) is 56.5 cm³/mol. The van der Waals surface area contributed by atoms with E-state index in [9.17, 15) is 4.39 Å². The molecule has 1 heterocycles. The normalized spacial score (nSPS) is 10.4. The molecule has 0 aliphatic carbocycles. The summed E-state index contributed by atoms with van der Waals surface area (Å²) in [6, 6.07) is 4.78. The highest BCUT2D eigenvalue weighted by molar-refractivity contribution is 5.28. The quantitative estimate of drug-likeness (QED) is 0.794. The number of benzene rings is 1. The summed E-state index contributed by atoms with van der Waals surface area (Å²) in [6.07, 6.45) is 1.75. The highest BCUT2D eigenvalue weighted by Gasteiger charge is 2.02. The van der Waals surface area contributed by atoms with Crippen LogP contribution in [0.3, 0.4) is 0 Å². The van der Waals surface area contributed by atoms with Gasteiger partial charge in [-0.25, -0.2) is 4.39 Å². The zero-order valence-electron chi connectivity index (χ0n) is 9.14. The molecule has 0 aliphatic rings. The maximum atomic E-state index is 13.2. The average molecular weight is 221 g/mol. The van der Waals surface area contributed by atoms with Crippen LogP contribution in [0.25, 0.3) is 0 Å². The van der Waals surface area contributed by atoms with Crippen LogP contribution in [0.5, 0.6) is 5.75 Å². The van der Waals surface area contributed by atoms with E-state index in [1.54, 1.807) is 37.0 Å². The van der Waals surface area contributed by atoms with Crippen molar-refractivity contribution < 1.29 is 9.13 Å². The van der Waals surface area contributed by atoms with E-state index in [4.69, 9.17) is 4.74 Å². The zero-order chi connectivity index (χ0) is 11.5. The molecule has 0 fully saturated rings. The molecular formula is C11H12FN3O. The van der Waals surface area contributed by atoms with Crippen molar-refractivity contribution in [2.45, 2.75) is 13.5 Å². The highest BCUT2D eigenvalue weighted by Crippen LogP contribution is 2.16. The van der Waals surface area contributed by atoms with Crippen molar-refractivity contribution in [3.05, 3.63) is 41.5 Å². The van der Waals surface area contributed by atoms with E-state index in [2.05, 4.69) is 10.3 Å². The molecule has 0 spiro atoms. The first kappa shape index (κ1) is 10.6. The van der Waals surface area contributed by atoms with Crippen molar-refractivity contribution in [3.8, 4) is 5.75 Å². The van der Waals surface area contributed by atoms with Crippen molar-refractivity contribution >= 4 is 0 Å². The number of rotatable bonds is 3. The zero-order valence-corrected chi connectivity index (χ0v) is 9.14. The molecule has 4 nitrogen and oxygen atoms in total. The fourth-order valence-electron chi connectivity index (χ4n) is 1.28. The highest BCUT2D eigenvalue weighted by atomic mass is 19.1. The Morgan fingerprint density at radius 2 is 2.25 bits per heavy atom. The van der Waals surface area contributed by atoms with Crippen LogP contribution in [-0.4, -0.2) is 15.0 Å². The Morgan fingerprint density at radius 1 is 1.44 bits per heavy atom. The lowest BCUT2D eigenvalue weighted by atomic mass is 10.2. The molecule has 0 N–H and O–H groups in total. The van der Waals surface area contributed by atoms with Gasteiger partial charge in [0.1, 0.15) is 23.9 Å². The van der Waals surface area contributed by atoms with Gasteiger partial charge in [0.25, 0.3) is 0 Å². The molecule has 1 aromatic carbocycles. The second-order valence-electron chi connectivity index (χ2n) is 3.58. The van der Waals surface area contributed by atoms with E-state index in [0.717, 1.165) is 0 Å². The lowest BCUT2D eigenvalue weighted by Gasteiger charge is -2.04. The van der Waals surface area contributed by atoms with Crippen molar-refractivity contribution in [1.82, 2.24) is 15.0 Å². The summed E-state index contributed by atoms with van der Waals surface area (Å²) in [5.74, 6) is 0.227. The van der Waals surface area contributed by atoms with E-state index in [1.165, 1.54) is 6.07 Å². The Hall–Kier alpha value is -1.91. The lowest BCUT2D eigenvalue weighted by molar-refractivity contribution is 0.299. The Balaban J connectivity index is 2.02. The van der Waals surface area contributed by atoms with Gasteiger partial charge in [-0.1, -0.05) is 11.3 Å². The molecule has 16 heavy (non-hydrogen) atoms. The number of hydrogen-bond donors (Lipinski definition) is 0. The van der Waals surface area contributed by atoms with Gasteiger partial charge in [-0.05, 0) is 18.6 Å². The molecule has 0 radical (unpaired) electrons. The molecule has 5 heteroatoms. The van der Waals surface area contributed by atoms with Gasteiger partial charge < -0.3 is 4.74 Å². The van der Waals surface area contributed by atoms with Crippen LogP contribution in [0.2, 0.25) is 0 Å². The molecule has 84 valence electrons. The molecule has 0 aliphatic heterocycles. The van der Waals surface area contributed by atoms with Gasteiger partial charge in [0.15, 0.2) is 0 Å². The number of aromatic nitrogens is 3. The fourth-order valence-corrected chi connectivity index (χ4v) is 1.28. The number of nitrogens with zero attached hydrogens (tertiary/aromatic N) is 3. The summed E-state index contributed by atoms with van der Waals surface area (Å²) >= 11 is 0. The van der Waals surface area contributed by atoms with Gasteiger partial charge in [0.2, 0.25) is 0 Å². The minimum Gasteiger partial charge on any atom is -0.487 e. The van der Waals surface area contributed by atoms with Gasteiger partial charge in [-0.3, -0.25) is 4.68 Å². The Kier molecular flexibility index (Phi) is 2.85. The monoisotopic (exact) mass is 221 g/mol. The summed E-state index contributed by atoms with van der Waals surface area (Å²) in [7, 11) is 1.78. The third-order valence-corrected chi connectivity index (χ3v) is 2.18. The molecular weight excluding hydrogens is 209 g/mol. The molecule has 0 saturated heterocycles. The number of hydrogen-bond acceptors (Lipinski definition) is 3. The summed E-state index contributed by atoms with van der Waals surface area (Å²) < 4.78 is 20.2. The second-order valence-corrected chi connectivity index (χ2v) is 3.58. The standard InChI is InChI=1S/C11H12FN3O/c1-8-3-4-10(5-11(8)12)16-7-9-6-15(2)14-13-9/h3-6H,7H2,1-2H3. The van der Waals surface area contributed by atoms with Gasteiger partial charge in [-0.2, -0.15) is 0 Å². The van der Waals surface area contributed by atoms with E-state index in [0.29, 0.717) is 17.0 Å². The maximum absolute atomic E-state index is 13.2. The first-order valence-corrected chi connectivity index (χ1v) is 4.89. The van der Waals surface area contributed by atoms with Crippen LogP contribution in [-0.2, 0) is 13.7 Å².